The Kier molecular flexibility index (Phi) is 64.2. The van der Waals surface area contributed by atoms with Gasteiger partial charge in [-0.05, 0) is 0 Å². The quantitative estimate of drug-likeness (QED) is 0.196. The first-order chi connectivity index (χ1) is 11.5. The van der Waals surface area contributed by atoms with Crippen LogP contribution in [0.2, 0.25) is 52.5 Å². The summed E-state index contributed by atoms with van der Waals surface area (Å²) >= 11 is 0.250. The summed E-state index contributed by atoms with van der Waals surface area (Å²) in [6.07, 6.45) is 0. The third-order valence-electron chi connectivity index (χ3n) is 4.00. The first-order valence-corrected chi connectivity index (χ1v) is 25.4. The van der Waals surface area contributed by atoms with Gasteiger partial charge in [-0.15, -0.1) is 0 Å². The molecule has 0 aromatic heterocycles. The van der Waals surface area contributed by atoms with Crippen LogP contribution in [0.5, 0.6) is 0 Å². The van der Waals surface area contributed by atoms with Gasteiger partial charge in [0.25, 0.3) is 0 Å². The van der Waals surface area contributed by atoms with E-state index in [2.05, 4.69) is 69.2 Å². The molecule has 148 valence electrons. The topological polar surface area (TPSA) is 0 Å². The van der Waals surface area contributed by atoms with Crippen LogP contribution in [0.25, 0.3) is 0 Å². The molecule has 0 aliphatic carbocycles. The van der Waals surface area contributed by atoms with Gasteiger partial charge in [-0.1, -0.05) is 0 Å². The maximum atomic E-state index is 2.34. The maximum absolute atomic E-state index is 2.34. The van der Waals surface area contributed by atoms with Crippen LogP contribution < -0.4 is 0 Å². The van der Waals surface area contributed by atoms with Gasteiger partial charge in [-0.2, -0.15) is 0 Å². The molecule has 0 bridgehead atoms. The molecule has 0 rings (SSSR count). The molecule has 0 N–H and O–H groups in total. The Balaban J connectivity index is -0.0000000711. The van der Waals surface area contributed by atoms with Crippen molar-refractivity contribution in [3.8, 4) is 0 Å². The zero-order valence-corrected chi connectivity index (χ0v) is 33.7. The normalized spacial score (nSPS) is 9.12. The summed E-state index contributed by atoms with van der Waals surface area (Å²) in [5, 5.41) is 15.0. The summed E-state index contributed by atoms with van der Waals surface area (Å²) in [4.78, 5) is 0. The van der Waals surface area contributed by atoms with Gasteiger partial charge in [0.2, 0.25) is 0 Å². The van der Waals surface area contributed by atoms with E-state index in [1.807, 2.05) is 0 Å². The number of hydrogen-bond donors (Lipinski definition) is 0. The van der Waals surface area contributed by atoms with Gasteiger partial charge in [0, 0.05) is 27.7 Å². The molecule has 0 aliphatic heterocycles. The molecule has 0 aromatic carbocycles. The average molecular weight is 782 g/mol. The van der Waals surface area contributed by atoms with Crippen LogP contribution in [0.3, 0.4) is 0 Å². The molecular weight excluding hydrogens is 731 g/mol. The van der Waals surface area contributed by atoms with E-state index in [1.165, 1.54) is 52.5 Å². The first-order valence-electron chi connectivity index (χ1n) is 10.6. The van der Waals surface area contributed by atoms with Crippen LogP contribution in [0, 0.1) is 0 Å². The van der Waals surface area contributed by atoms with Gasteiger partial charge in [0.15, 0.2) is 0 Å². The molecule has 0 amide bonds. The molecule has 0 spiro atoms. The van der Waals surface area contributed by atoms with Crippen molar-refractivity contribution in [3.05, 3.63) is 0 Å². The van der Waals surface area contributed by atoms with E-state index in [0.717, 1.165) is 0 Å². The Morgan fingerprint density at radius 2 is 0.560 bits per heavy atom. The second kappa shape index (κ2) is 41.5. The first kappa shape index (κ1) is 38.7. The van der Waals surface area contributed by atoms with E-state index in [4.69, 9.17) is 0 Å². The minimum Gasteiger partial charge on any atom is 0 e. The van der Waals surface area contributed by atoms with Crippen LogP contribution in [0.15, 0.2) is 0 Å². The van der Waals surface area contributed by atoms with Crippen LogP contribution in [-0.2, 0) is 27.7 Å². The molecule has 6 radical (unpaired) electrons. The largest absolute Gasteiger partial charge is 0 e. The fourth-order valence-corrected chi connectivity index (χ4v) is 10.4. The third-order valence-corrected chi connectivity index (χ3v) is 20.8. The Morgan fingerprint density at radius 1 is 0.400 bits per heavy atom. The van der Waals surface area contributed by atoms with E-state index in [9.17, 15) is 0 Å². The molecular formula is C20H50Ge4Hg. The molecule has 0 saturated heterocycles. The van der Waals surface area contributed by atoms with E-state index in [0.29, 0.717) is 30.9 Å². The molecule has 0 saturated carbocycles. The van der Waals surface area contributed by atoms with Crippen LogP contribution >= 0.6 is 0 Å². The second-order valence-electron chi connectivity index (χ2n) is 5.54. The van der Waals surface area contributed by atoms with Gasteiger partial charge < -0.3 is 0 Å². The average Bonchev–Trinajstić information content (AvgIpc) is 2.61. The minimum absolute atomic E-state index is 0. The van der Waals surface area contributed by atoms with Crippen molar-refractivity contribution in [1.29, 1.82) is 0 Å². The van der Waals surface area contributed by atoms with Crippen LogP contribution in [0.4, 0.5) is 0 Å². The zero-order valence-electron chi connectivity index (χ0n) is 19.8. The van der Waals surface area contributed by atoms with E-state index < -0.39 is 28.7 Å². The fourth-order valence-electron chi connectivity index (χ4n) is 2.00. The summed E-state index contributed by atoms with van der Waals surface area (Å²) < 4.78 is 0. The monoisotopic (exact) mass is 788 g/mol. The molecule has 0 heterocycles. The van der Waals surface area contributed by atoms with Gasteiger partial charge in [-0.25, -0.2) is 0 Å². The van der Waals surface area contributed by atoms with Crippen molar-refractivity contribution in [2.75, 3.05) is 0 Å². The molecule has 5 heteroatoms. The summed E-state index contributed by atoms with van der Waals surface area (Å²) in [7, 11) is 0. The van der Waals surface area contributed by atoms with Gasteiger partial charge in [0.05, 0.1) is 0 Å². The predicted octanol–water partition coefficient (Wildman–Crippen LogP) is 8.21. The molecule has 0 aromatic rings. The summed E-state index contributed by atoms with van der Waals surface area (Å²) in [5.41, 5.74) is 0. The summed E-state index contributed by atoms with van der Waals surface area (Å²) in [5.74, 6) is 0. The maximum Gasteiger partial charge on any atom is 0 e. The number of hydrogen-bond acceptors (Lipinski definition) is 0. The molecule has 0 atom stereocenters. The van der Waals surface area contributed by atoms with E-state index >= 15 is 0 Å². The SMILES string of the molecule is C[CH2][Ge]([CH2]C)[CH2]C.C[CH2][Ge]([CH2]C)[CH2]C.C[CH2][Ge][CH2]C.C[CH2][Ge][CH2]C.[Hg]. The third kappa shape index (κ3) is 46.8. The van der Waals surface area contributed by atoms with Crippen LogP contribution in [0.1, 0.15) is 69.2 Å². The molecule has 0 unspecified atom stereocenters. The zero-order chi connectivity index (χ0) is 19.6. The Labute approximate surface area is 206 Å². The molecule has 0 fully saturated rings. The van der Waals surface area contributed by atoms with Crippen molar-refractivity contribution in [1.82, 2.24) is 0 Å². The second-order valence-corrected chi connectivity index (χ2v) is 28.8. The van der Waals surface area contributed by atoms with Crippen molar-refractivity contribution in [3.63, 3.8) is 0 Å². The van der Waals surface area contributed by atoms with Crippen molar-refractivity contribution >= 4 is 59.6 Å². The Morgan fingerprint density at radius 3 is 0.560 bits per heavy atom. The van der Waals surface area contributed by atoms with Crippen LogP contribution in [-0.4, -0.2) is 59.6 Å². The van der Waals surface area contributed by atoms with E-state index in [-0.39, 0.29) is 27.7 Å². The predicted molar refractivity (Wildman–Crippen MR) is 128 cm³/mol. The number of rotatable bonds is 10. The van der Waals surface area contributed by atoms with Gasteiger partial charge >= 0.3 is 181 Å². The Bertz CT molecular complexity index is 131. The van der Waals surface area contributed by atoms with E-state index in [1.54, 1.807) is 0 Å². The fraction of sp³-hybridized carbons (Fsp3) is 1.00. The standard InChI is InChI=1S/2C6H15Ge.2C4H10Ge.Hg/c2*1-4-7(5-2)6-3;2*1-3-5-4-2;/h2*4-6H2,1-3H3;2*3-4H2,1-2H3;. The molecule has 0 aliphatic rings. The van der Waals surface area contributed by atoms with Gasteiger partial charge in [-0.3, -0.25) is 0 Å². The van der Waals surface area contributed by atoms with Crippen molar-refractivity contribution < 1.29 is 27.7 Å². The Hall–Kier alpha value is 3.11. The smallest absolute Gasteiger partial charge is 0 e. The summed E-state index contributed by atoms with van der Waals surface area (Å²) in [6, 6.07) is 0. The van der Waals surface area contributed by atoms with Crippen molar-refractivity contribution in [2.24, 2.45) is 0 Å². The summed E-state index contributed by atoms with van der Waals surface area (Å²) in [6.45, 7) is 23.1. The van der Waals surface area contributed by atoms with Gasteiger partial charge in [0.1, 0.15) is 0 Å². The minimum atomic E-state index is -0.403. The molecule has 0 nitrogen and oxygen atoms in total. The molecule has 25 heavy (non-hydrogen) atoms. The van der Waals surface area contributed by atoms with Crippen molar-refractivity contribution in [2.45, 2.75) is 122 Å².